The van der Waals surface area contributed by atoms with E-state index in [1.54, 1.807) is 0 Å². The van der Waals surface area contributed by atoms with E-state index < -0.39 is 0 Å². The summed E-state index contributed by atoms with van der Waals surface area (Å²) >= 11 is 0. The average Bonchev–Trinajstić information content (AvgIpc) is 2.50. The molecule has 0 unspecified atom stereocenters. The van der Waals surface area contributed by atoms with Crippen LogP contribution in [0.15, 0.2) is 24.3 Å². The minimum Gasteiger partial charge on any atom is -0.352 e. The van der Waals surface area contributed by atoms with Crippen LogP contribution in [-0.4, -0.2) is 17.4 Å². The smallest absolute Gasteiger partial charge is 0.252 e. The Morgan fingerprint density at radius 2 is 2.00 bits per heavy atom. The zero-order valence-corrected chi connectivity index (χ0v) is 12.8. The number of aryl methyl sites for hydroxylation is 1. The second-order valence-corrected chi connectivity index (χ2v) is 6.24. The van der Waals surface area contributed by atoms with Crippen LogP contribution in [0.5, 0.6) is 0 Å². The quantitative estimate of drug-likeness (QED) is 0.936. The minimum atomic E-state index is 0.0560. The number of hydrogen-bond donors (Lipinski definition) is 1. The van der Waals surface area contributed by atoms with Gasteiger partial charge in [0, 0.05) is 17.6 Å². The Bertz CT molecular complexity index is 676. The van der Waals surface area contributed by atoms with Crippen molar-refractivity contribution in [2.45, 2.75) is 39.5 Å². The Morgan fingerprint density at radius 3 is 2.81 bits per heavy atom. The first-order valence-corrected chi connectivity index (χ1v) is 7.85. The Hall–Kier alpha value is -1.90. The summed E-state index contributed by atoms with van der Waals surface area (Å²) in [4.78, 5) is 17.5. The SMILES string of the molecule is CC(C)CNC(=O)c1c2c(nc3ccccc13)CCCC2. The van der Waals surface area contributed by atoms with Crippen LogP contribution in [0, 0.1) is 5.92 Å². The summed E-state index contributed by atoms with van der Waals surface area (Å²) in [5.41, 5.74) is 4.08. The molecule has 0 spiro atoms. The molecule has 0 saturated heterocycles. The van der Waals surface area contributed by atoms with E-state index in [-0.39, 0.29) is 5.91 Å². The molecule has 1 heterocycles. The Kier molecular flexibility index (Phi) is 3.91. The van der Waals surface area contributed by atoms with E-state index in [1.807, 2.05) is 24.3 Å². The third kappa shape index (κ3) is 2.78. The fraction of sp³-hybridized carbons (Fsp3) is 0.444. The normalized spacial score (nSPS) is 14.2. The van der Waals surface area contributed by atoms with Crippen LogP contribution in [0.3, 0.4) is 0 Å². The second kappa shape index (κ2) is 5.84. The fourth-order valence-corrected chi connectivity index (χ4v) is 3.02. The van der Waals surface area contributed by atoms with Crippen molar-refractivity contribution in [1.29, 1.82) is 0 Å². The van der Waals surface area contributed by atoms with E-state index in [1.165, 1.54) is 12.0 Å². The van der Waals surface area contributed by atoms with Gasteiger partial charge >= 0.3 is 0 Å². The first kappa shape index (κ1) is 14.1. The van der Waals surface area contributed by atoms with Crippen LogP contribution in [-0.2, 0) is 12.8 Å². The zero-order valence-electron chi connectivity index (χ0n) is 12.8. The lowest BCUT2D eigenvalue weighted by molar-refractivity contribution is 0.0949. The van der Waals surface area contributed by atoms with Gasteiger partial charge in [-0.2, -0.15) is 0 Å². The number of benzene rings is 1. The number of hydrogen-bond acceptors (Lipinski definition) is 2. The number of para-hydroxylation sites is 1. The molecule has 1 aromatic carbocycles. The van der Waals surface area contributed by atoms with Gasteiger partial charge in [-0.25, -0.2) is 0 Å². The lowest BCUT2D eigenvalue weighted by atomic mass is 9.89. The zero-order chi connectivity index (χ0) is 14.8. The van der Waals surface area contributed by atoms with E-state index in [9.17, 15) is 4.79 Å². The summed E-state index contributed by atoms with van der Waals surface area (Å²) in [6.07, 6.45) is 4.28. The van der Waals surface area contributed by atoms with E-state index in [2.05, 4.69) is 19.2 Å². The number of rotatable bonds is 3. The average molecular weight is 282 g/mol. The Labute approximate surface area is 125 Å². The van der Waals surface area contributed by atoms with Gasteiger partial charge in [0.2, 0.25) is 0 Å². The summed E-state index contributed by atoms with van der Waals surface area (Å²) in [5, 5.41) is 4.06. The monoisotopic (exact) mass is 282 g/mol. The predicted molar refractivity (Wildman–Crippen MR) is 85.6 cm³/mol. The summed E-state index contributed by atoms with van der Waals surface area (Å²) in [6.45, 7) is 4.94. The van der Waals surface area contributed by atoms with Crippen molar-refractivity contribution in [3.8, 4) is 0 Å². The molecule has 110 valence electrons. The van der Waals surface area contributed by atoms with Crippen LogP contribution in [0.25, 0.3) is 10.9 Å². The van der Waals surface area contributed by atoms with Gasteiger partial charge in [-0.3, -0.25) is 9.78 Å². The molecule has 0 atom stereocenters. The van der Waals surface area contributed by atoms with Crippen LogP contribution in [0.4, 0.5) is 0 Å². The first-order chi connectivity index (χ1) is 10.2. The molecule has 0 fully saturated rings. The Balaban J connectivity index is 2.11. The van der Waals surface area contributed by atoms with Crippen molar-refractivity contribution in [2.24, 2.45) is 5.92 Å². The van der Waals surface area contributed by atoms with Crippen molar-refractivity contribution >= 4 is 16.8 Å². The molecule has 1 aliphatic rings. The van der Waals surface area contributed by atoms with E-state index in [4.69, 9.17) is 4.98 Å². The number of amides is 1. The molecule has 1 aliphatic carbocycles. The topological polar surface area (TPSA) is 42.0 Å². The van der Waals surface area contributed by atoms with Crippen LogP contribution < -0.4 is 5.32 Å². The highest BCUT2D eigenvalue weighted by molar-refractivity contribution is 6.07. The molecule has 3 rings (SSSR count). The van der Waals surface area contributed by atoms with Gasteiger partial charge in [0.15, 0.2) is 0 Å². The maximum Gasteiger partial charge on any atom is 0.252 e. The lowest BCUT2D eigenvalue weighted by Crippen LogP contribution is -2.29. The molecule has 1 aromatic heterocycles. The molecule has 21 heavy (non-hydrogen) atoms. The van der Waals surface area contributed by atoms with Gasteiger partial charge in [-0.05, 0) is 43.2 Å². The molecular weight excluding hydrogens is 260 g/mol. The van der Waals surface area contributed by atoms with Gasteiger partial charge in [-0.15, -0.1) is 0 Å². The van der Waals surface area contributed by atoms with Crippen LogP contribution in [0.1, 0.15) is 48.3 Å². The van der Waals surface area contributed by atoms with Crippen molar-refractivity contribution in [3.05, 3.63) is 41.1 Å². The van der Waals surface area contributed by atoms with Crippen LogP contribution >= 0.6 is 0 Å². The molecule has 0 radical (unpaired) electrons. The Morgan fingerprint density at radius 1 is 1.24 bits per heavy atom. The molecule has 0 bridgehead atoms. The van der Waals surface area contributed by atoms with Crippen molar-refractivity contribution in [1.82, 2.24) is 10.3 Å². The minimum absolute atomic E-state index is 0.0560. The van der Waals surface area contributed by atoms with Gasteiger partial charge < -0.3 is 5.32 Å². The van der Waals surface area contributed by atoms with Gasteiger partial charge in [-0.1, -0.05) is 32.0 Å². The standard InChI is InChI=1S/C18H22N2O/c1-12(2)11-19-18(21)17-13-7-3-5-9-15(13)20-16-10-6-4-8-14(16)17/h3,5,7,9,12H,4,6,8,10-11H2,1-2H3,(H,19,21). The summed E-state index contributed by atoms with van der Waals surface area (Å²) < 4.78 is 0. The molecule has 1 amide bonds. The van der Waals surface area contributed by atoms with Gasteiger partial charge in [0.25, 0.3) is 5.91 Å². The lowest BCUT2D eigenvalue weighted by Gasteiger charge is -2.20. The second-order valence-electron chi connectivity index (χ2n) is 6.24. The van der Waals surface area contributed by atoms with Crippen molar-refractivity contribution < 1.29 is 4.79 Å². The highest BCUT2D eigenvalue weighted by Gasteiger charge is 2.22. The van der Waals surface area contributed by atoms with Crippen molar-refractivity contribution in [3.63, 3.8) is 0 Å². The highest BCUT2D eigenvalue weighted by atomic mass is 16.1. The fourth-order valence-electron chi connectivity index (χ4n) is 3.02. The van der Waals surface area contributed by atoms with Crippen molar-refractivity contribution in [2.75, 3.05) is 6.54 Å². The number of fused-ring (bicyclic) bond motifs is 2. The molecule has 0 saturated carbocycles. The number of carbonyl (C=O) groups is 1. The van der Waals surface area contributed by atoms with Gasteiger partial charge in [0.05, 0.1) is 11.1 Å². The highest BCUT2D eigenvalue weighted by Crippen LogP contribution is 2.29. The molecule has 3 nitrogen and oxygen atoms in total. The van der Waals surface area contributed by atoms with Crippen LogP contribution in [0.2, 0.25) is 0 Å². The third-order valence-electron chi connectivity index (χ3n) is 4.07. The summed E-state index contributed by atoms with van der Waals surface area (Å²) in [7, 11) is 0. The largest absolute Gasteiger partial charge is 0.352 e. The first-order valence-electron chi connectivity index (χ1n) is 7.85. The maximum absolute atomic E-state index is 12.7. The number of aromatic nitrogens is 1. The molecule has 3 heteroatoms. The third-order valence-corrected chi connectivity index (χ3v) is 4.07. The summed E-state index contributed by atoms with van der Waals surface area (Å²) in [5.74, 6) is 0.512. The number of carbonyl (C=O) groups excluding carboxylic acids is 1. The number of pyridine rings is 1. The van der Waals surface area contributed by atoms with E-state index >= 15 is 0 Å². The molecular formula is C18H22N2O. The van der Waals surface area contributed by atoms with Gasteiger partial charge in [0.1, 0.15) is 0 Å². The van der Waals surface area contributed by atoms with E-state index in [0.29, 0.717) is 12.5 Å². The number of nitrogens with zero attached hydrogens (tertiary/aromatic N) is 1. The molecule has 0 aliphatic heterocycles. The molecule has 1 N–H and O–H groups in total. The predicted octanol–water partition coefficient (Wildman–Crippen LogP) is 3.50. The maximum atomic E-state index is 12.7. The summed E-state index contributed by atoms with van der Waals surface area (Å²) in [6, 6.07) is 7.99. The number of nitrogens with one attached hydrogen (secondary N) is 1. The van der Waals surface area contributed by atoms with E-state index in [0.717, 1.165) is 41.4 Å². The molecule has 2 aromatic rings.